The first-order valence-corrected chi connectivity index (χ1v) is 18.6. The van der Waals surface area contributed by atoms with Gasteiger partial charge in [-0.25, -0.2) is 0 Å². The summed E-state index contributed by atoms with van der Waals surface area (Å²) in [5.74, 6) is 0. The SMILES string of the molecule is CC1(C)c2ccccc2-c2cc(N(c3ccc(-c4ccccc4)cc3)c3cccc4c3-c3ccccc3C4(c3ccccc3)c3ccccc3)ccc21. The lowest BCUT2D eigenvalue weighted by molar-refractivity contribution is 0.660. The first-order chi connectivity index (χ1) is 26.1. The Bertz CT molecular complexity index is 2580. The van der Waals surface area contributed by atoms with Crippen LogP contribution in [-0.4, -0.2) is 0 Å². The third-order valence-electron chi connectivity index (χ3n) is 11.8. The molecule has 8 aromatic rings. The smallest absolute Gasteiger partial charge is 0.0714 e. The molecule has 0 aliphatic heterocycles. The van der Waals surface area contributed by atoms with Crippen molar-refractivity contribution in [3.8, 4) is 33.4 Å². The molecule has 0 atom stereocenters. The zero-order chi connectivity index (χ0) is 35.6. The zero-order valence-electron chi connectivity index (χ0n) is 30.0. The van der Waals surface area contributed by atoms with Gasteiger partial charge in [-0.15, -0.1) is 0 Å². The van der Waals surface area contributed by atoms with Gasteiger partial charge in [-0.05, 0) is 91.5 Å². The van der Waals surface area contributed by atoms with Crippen LogP contribution in [-0.2, 0) is 10.8 Å². The van der Waals surface area contributed by atoms with Gasteiger partial charge in [-0.1, -0.05) is 184 Å². The van der Waals surface area contributed by atoms with Gasteiger partial charge in [-0.2, -0.15) is 0 Å². The molecule has 0 unspecified atom stereocenters. The summed E-state index contributed by atoms with van der Waals surface area (Å²) in [6.45, 7) is 4.70. The minimum absolute atomic E-state index is 0.0650. The highest BCUT2D eigenvalue weighted by atomic mass is 15.1. The Balaban J connectivity index is 1.25. The van der Waals surface area contributed by atoms with E-state index in [9.17, 15) is 0 Å². The third-order valence-corrected chi connectivity index (χ3v) is 11.8. The average Bonchev–Trinajstić information content (AvgIpc) is 3.66. The number of nitrogens with zero attached hydrogens (tertiary/aromatic N) is 1. The Labute approximate surface area is 312 Å². The van der Waals surface area contributed by atoms with E-state index in [0.29, 0.717) is 0 Å². The number of fused-ring (bicyclic) bond motifs is 6. The minimum Gasteiger partial charge on any atom is -0.310 e. The van der Waals surface area contributed by atoms with E-state index in [1.807, 2.05) is 0 Å². The number of rotatable bonds is 6. The average molecular weight is 678 g/mol. The van der Waals surface area contributed by atoms with Crippen LogP contribution in [0.15, 0.2) is 200 Å². The van der Waals surface area contributed by atoms with E-state index in [1.54, 1.807) is 0 Å². The quantitative estimate of drug-likeness (QED) is 0.169. The van der Waals surface area contributed by atoms with E-state index >= 15 is 0 Å². The number of hydrogen-bond donors (Lipinski definition) is 0. The predicted molar refractivity (Wildman–Crippen MR) is 221 cm³/mol. The van der Waals surface area contributed by atoms with Crippen LogP contribution in [0.25, 0.3) is 33.4 Å². The van der Waals surface area contributed by atoms with Crippen LogP contribution in [0.3, 0.4) is 0 Å². The van der Waals surface area contributed by atoms with Crippen LogP contribution in [0.5, 0.6) is 0 Å². The van der Waals surface area contributed by atoms with Crippen molar-refractivity contribution in [3.05, 3.63) is 234 Å². The van der Waals surface area contributed by atoms with Crippen LogP contribution in [0, 0.1) is 0 Å². The molecule has 1 heteroatoms. The third kappa shape index (κ3) is 4.64. The first-order valence-electron chi connectivity index (χ1n) is 18.6. The lowest BCUT2D eigenvalue weighted by Gasteiger charge is -2.34. The zero-order valence-corrected chi connectivity index (χ0v) is 30.0. The molecule has 0 radical (unpaired) electrons. The maximum absolute atomic E-state index is 2.49. The van der Waals surface area contributed by atoms with Crippen molar-refractivity contribution >= 4 is 17.1 Å². The molecular weight excluding hydrogens is 639 g/mol. The Kier molecular flexibility index (Phi) is 7.13. The Hall–Kier alpha value is -6.44. The summed E-state index contributed by atoms with van der Waals surface area (Å²) in [5.41, 5.74) is 18.4. The summed E-state index contributed by atoms with van der Waals surface area (Å²) in [4.78, 5) is 2.49. The summed E-state index contributed by atoms with van der Waals surface area (Å²) in [5, 5.41) is 0. The molecule has 0 N–H and O–H groups in total. The fraction of sp³-hybridized carbons (Fsp3) is 0.0769. The van der Waals surface area contributed by atoms with Gasteiger partial charge in [0.15, 0.2) is 0 Å². The summed E-state index contributed by atoms with van der Waals surface area (Å²) >= 11 is 0. The highest BCUT2D eigenvalue weighted by Gasteiger charge is 2.47. The van der Waals surface area contributed by atoms with Gasteiger partial charge in [0.1, 0.15) is 0 Å². The lowest BCUT2D eigenvalue weighted by Crippen LogP contribution is -2.28. The Morgan fingerprint density at radius 1 is 0.358 bits per heavy atom. The second-order valence-corrected chi connectivity index (χ2v) is 14.9. The number of benzene rings is 8. The van der Waals surface area contributed by atoms with E-state index in [2.05, 4.69) is 219 Å². The molecular formula is C52H39N. The Morgan fingerprint density at radius 2 is 0.868 bits per heavy atom. The summed E-state index contributed by atoms with van der Waals surface area (Å²) in [7, 11) is 0. The fourth-order valence-electron chi connectivity index (χ4n) is 9.37. The van der Waals surface area contributed by atoms with Crippen molar-refractivity contribution in [2.75, 3.05) is 4.90 Å². The fourth-order valence-corrected chi connectivity index (χ4v) is 9.37. The maximum Gasteiger partial charge on any atom is 0.0714 e. The number of anilines is 3. The van der Waals surface area contributed by atoms with Crippen molar-refractivity contribution in [1.82, 2.24) is 0 Å². The van der Waals surface area contributed by atoms with Crippen LogP contribution < -0.4 is 4.90 Å². The largest absolute Gasteiger partial charge is 0.310 e. The van der Waals surface area contributed by atoms with Crippen molar-refractivity contribution in [1.29, 1.82) is 0 Å². The molecule has 2 aliphatic carbocycles. The molecule has 0 bridgehead atoms. The van der Waals surface area contributed by atoms with Crippen molar-refractivity contribution < 1.29 is 0 Å². The molecule has 0 amide bonds. The highest BCUT2D eigenvalue weighted by Crippen LogP contribution is 2.60. The molecule has 1 nitrogen and oxygen atoms in total. The van der Waals surface area contributed by atoms with E-state index in [-0.39, 0.29) is 5.41 Å². The molecule has 8 aromatic carbocycles. The van der Waals surface area contributed by atoms with Gasteiger partial charge >= 0.3 is 0 Å². The second-order valence-electron chi connectivity index (χ2n) is 14.9. The summed E-state index contributed by atoms with van der Waals surface area (Å²) in [6, 6.07) is 73.9. The van der Waals surface area contributed by atoms with E-state index < -0.39 is 5.41 Å². The lowest BCUT2D eigenvalue weighted by atomic mass is 9.68. The summed E-state index contributed by atoms with van der Waals surface area (Å²) in [6.07, 6.45) is 0. The van der Waals surface area contributed by atoms with Crippen LogP contribution in [0.1, 0.15) is 47.2 Å². The van der Waals surface area contributed by atoms with Gasteiger partial charge in [0.2, 0.25) is 0 Å². The standard InChI is InChI=1S/C52H39N/c1-51(2)45-25-14-12-23-42(45)44-35-41(33-34-46(44)51)53(40-31-29-37(30-32-40)36-17-6-3-7-18-36)49-28-16-27-48-50(49)43-24-13-15-26-47(43)52(48,38-19-8-4-9-20-38)39-21-10-5-11-22-39/h3-35H,1-2H3. The van der Waals surface area contributed by atoms with Gasteiger partial charge in [-0.3, -0.25) is 0 Å². The molecule has 0 saturated carbocycles. The molecule has 10 rings (SSSR count). The van der Waals surface area contributed by atoms with Crippen LogP contribution >= 0.6 is 0 Å². The molecule has 0 fully saturated rings. The van der Waals surface area contributed by atoms with Crippen molar-refractivity contribution in [3.63, 3.8) is 0 Å². The highest BCUT2D eigenvalue weighted by molar-refractivity contribution is 5.98. The van der Waals surface area contributed by atoms with Crippen LogP contribution in [0.4, 0.5) is 17.1 Å². The van der Waals surface area contributed by atoms with Gasteiger partial charge in [0.05, 0.1) is 11.1 Å². The Morgan fingerprint density at radius 3 is 1.55 bits per heavy atom. The molecule has 0 saturated heterocycles. The van der Waals surface area contributed by atoms with Gasteiger partial charge in [0, 0.05) is 22.4 Å². The molecule has 53 heavy (non-hydrogen) atoms. The predicted octanol–water partition coefficient (Wildman–Crippen LogP) is 13.5. The monoisotopic (exact) mass is 677 g/mol. The second kappa shape index (κ2) is 12.1. The molecule has 0 aromatic heterocycles. The van der Waals surface area contributed by atoms with E-state index in [4.69, 9.17) is 0 Å². The van der Waals surface area contributed by atoms with E-state index in [1.165, 1.54) is 72.4 Å². The maximum atomic E-state index is 2.49. The van der Waals surface area contributed by atoms with Crippen LogP contribution in [0.2, 0.25) is 0 Å². The topological polar surface area (TPSA) is 3.24 Å². The van der Waals surface area contributed by atoms with Crippen molar-refractivity contribution in [2.45, 2.75) is 24.7 Å². The number of hydrogen-bond acceptors (Lipinski definition) is 1. The molecule has 2 aliphatic rings. The molecule has 0 heterocycles. The molecule has 252 valence electrons. The minimum atomic E-state index is -0.478. The first kappa shape index (κ1) is 31.3. The normalized spacial score (nSPS) is 14.2. The van der Waals surface area contributed by atoms with E-state index in [0.717, 1.165) is 11.4 Å². The van der Waals surface area contributed by atoms with Gasteiger partial charge in [0.25, 0.3) is 0 Å². The van der Waals surface area contributed by atoms with Gasteiger partial charge < -0.3 is 4.90 Å². The molecule has 0 spiro atoms. The van der Waals surface area contributed by atoms with Crippen molar-refractivity contribution in [2.24, 2.45) is 0 Å². The summed E-state index contributed by atoms with van der Waals surface area (Å²) < 4.78 is 0.